The zero-order valence-electron chi connectivity index (χ0n) is 26.2. The summed E-state index contributed by atoms with van der Waals surface area (Å²) in [6.07, 6.45) is -0.348. The highest BCUT2D eigenvalue weighted by atomic mass is 16.8. The monoisotopic (exact) mass is 594 g/mol. The zero-order valence-corrected chi connectivity index (χ0v) is 26.2. The molecule has 0 unspecified atom stereocenters. The zero-order chi connectivity index (χ0) is 30.8. The minimum Gasteiger partial charge on any atom is -0.497 e. The van der Waals surface area contributed by atoms with Gasteiger partial charge in [0.15, 0.2) is 5.79 Å². The van der Waals surface area contributed by atoms with Gasteiger partial charge in [0.2, 0.25) is 0 Å². The van der Waals surface area contributed by atoms with Gasteiger partial charge in [-0.25, -0.2) is 4.79 Å². The van der Waals surface area contributed by atoms with E-state index in [1.54, 1.807) is 7.11 Å². The van der Waals surface area contributed by atoms with Gasteiger partial charge in [0, 0.05) is 54.5 Å². The highest BCUT2D eigenvalue weighted by Gasteiger charge is 2.54. The topological polar surface area (TPSA) is 66.5 Å². The third kappa shape index (κ3) is 6.62. The largest absolute Gasteiger partial charge is 0.497 e. The molecule has 0 bridgehead atoms. The van der Waals surface area contributed by atoms with Crippen molar-refractivity contribution in [2.75, 3.05) is 52.7 Å². The number of hydrogen-bond donors (Lipinski definition) is 1. The van der Waals surface area contributed by atoms with Gasteiger partial charge >= 0.3 is 6.03 Å². The van der Waals surface area contributed by atoms with Gasteiger partial charge in [-0.2, -0.15) is 0 Å². The number of carbonyl (C=O) groups excluding carboxylic acids is 1. The number of carbonyl (C=O) groups is 1. The van der Waals surface area contributed by atoms with Crippen LogP contribution in [0, 0.1) is 11.8 Å². The molecule has 8 nitrogen and oxygen atoms in total. The maximum atomic E-state index is 13.8. The Hall–Kier alpha value is -3.87. The lowest BCUT2D eigenvalue weighted by Gasteiger charge is -2.59. The molecule has 8 heteroatoms. The molecule has 3 aliphatic heterocycles. The van der Waals surface area contributed by atoms with Crippen LogP contribution in [-0.4, -0.2) is 98.2 Å². The van der Waals surface area contributed by atoms with E-state index < -0.39 is 5.79 Å². The number of likely N-dealkylation sites (N-methyl/N-ethyl adjacent to an activating group) is 1. The molecule has 0 spiro atoms. The highest BCUT2D eigenvalue weighted by molar-refractivity contribution is 5.89. The van der Waals surface area contributed by atoms with Crippen molar-refractivity contribution >= 4 is 11.7 Å². The van der Waals surface area contributed by atoms with Crippen LogP contribution in [-0.2, 0) is 9.47 Å². The fraction of sp³-hybridized carbons (Fsp3) is 0.417. The van der Waals surface area contributed by atoms with Gasteiger partial charge in [0.05, 0.1) is 13.7 Å². The molecule has 1 N–H and O–H groups in total. The minimum atomic E-state index is -0.703. The van der Waals surface area contributed by atoms with Crippen molar-refractivity contribution in [2.24, 2.45) is 0 Å². The number of amides is 2. The number of nitrogens with one attached hydrogen (secondary N) is 1. The second kappa shape index (κ2) is 12.6. The van der Waals surface area contributed by atoms with Gasteiger partial charge in [-0.05, 0) is 82.0 Å². The number of ether oxygens (including phenoxy) is 3. The molecule has 0 aromatic heterocycles. The van der Waals surface area contributed by atoms with Crippen LogP contribution in [0.1, 0.15) is 36.5 Å². The molecule has 3 fully saturated rings. The van der Waals surface area contributed by atoms with Crippen molar-refractivity contribution in [1.82, 2.24) is 14.7 Å². The van der Waals surface area contributed by atoms with E-state index in [-0.39, 0.29) is 36.2 Å². The Balaban J connectivity index is 1.27. The van der Waals surface area contributed by atoms with E-state index in [0.717, 1.165) is 35.7 Å². The molecule has 230 valence electrons. The number of nitrogens with zero attached hydrogens (tertiary/aromatic N) is 3. The van der Waals surface area contributed by atoms with E-state index in [4.69, 9.17) is 14.2 Å². The van der Waals surface area contributed by atoms with Crippen LogP contribution in [0.4, 0.5) is 10.5 Å². The molecule has 3 heterocycles. The molecule has 0 radical (unpaired) electrons. The number of urea groups is 1. The summed E-state index contributed by atoms with van der Waals surface area (Å²) in [5.74, 6) is 6.84. The molecule has 3 saturated heterocycles. The van der Waals surface area contributed by atoms with Gasteiger partial charge < -0.3 is 29.3 Å². The van der Waals surface area contributed by atoms with Crippen molar-refractivity contribution in [3.05, 3.63) is 95.6 Å². The van der Waals surface area contributed by atoms with Crippen molar-refractivity contribution in [1.29, 1.82) is 0 Å². The first-order chi connectivity index (χ1) is 21.2. The van der Waals surface area contributed by atoms with Gasteiger partial charge in [-0.1, -0.05) is 42.2 Å². The predicted octanol–water partition coefficient (Wildman–Crippen LogP) is 4.86. The summed E-state index contributed by atoms with van der Waals surface area (Å²) >= 11 is 0. The molecule has 3 aromatic rings. The van der Waals surface area contributed by atoms with E-state index in [9.17, 15) is 4.79 Å². The molecule has 5 atom stereocenters. The van der Waals surface area contributed by atoms with Crippen molar-refractivity contribution < 1.29 is 19.0 Å². The summed E-state index contributed by atoms with van der Waals surface area (Å²) in [6, 6.07) is 26.4. The van der Waals surface area contributed by atoms with Gasteiger partial charge in [-0.3, -0.25) is 4.90 Å². The van der Waals surface area contributed by atoms with Gasteiger partial charge in [-0.15, -0.1) is 0 Å². The van der Waals surface area contributed by atoms with E-state index in [0.29, 0.717) is 13.1 Å². The van der Waals surface area contributed by atoms with E-state index in [1.165, 1.54) is 5.56 Å². The number of hydrogen-bond acceptors (Lipinski definition) is 6. The Morgan fingerprint density at radius 1 is 0.909 bits per heavy atom. The third-order valence-corrected chi connectivity index (χ3v) is 8.77. The van der Waals surface area contributed by atoms with E-state index in [1.807, 2.05) is 73.3 Å². The number of benzene rings is 3. The van der Waals surface area contributed by atoms with Gasteiger partial charge in [0.1, 0.15) is 18.0 Å². The summed E-state index contributed by atoms with van der Waals surface area (Å²) in [5, 5.41) is 3.10. The second-order valence-corrected chi connectivity index (χ2v) is 12.6. The molecule has 44 heavy (non-hydrogen) atoms. The Morgan fingerprint density at radius 2 is 1.55 bits per heavy atom. The number of methoxy groups -OCH3 is 1. The smallest absolute Gasteiger partial charge is 0.321 e. The Bertz CT molecular complexity index is 1500. The highest BCUT2D eigenvalue weighted by Crippen LogP contribution is 2.44. The first kappa shape index (κ1) is 30.2. The normalized spacial score (nSPS) is 25.9. The van der Waals surface area contributed by atoms with Crippen LogP contribution >= 0.6 is 0 Å². The first-order valence-corrected chi connectivity index (χ1v) is 15.3. The van der Waals surface area contributed by atoms with Crippen LogP contribution in [0.5, 0.6) is 5.75 Å². The molecule has 0 aliphatic carbocycles. The quantitative estimate of drug-likeness (QED) is 0.426. The summed E-state index contributed by atoms with van der Waals surface area (Å²) in [7, 11) is 5.87. The molecule has 2 amide bonds. The molecule has 3 aliphatic rings. The predicted molar refractivity (Wildman–Crippen MR) is 172 cm³/mol. The third-order valence-electron chi connectivity index (χ3n) is 8.77. The Morgan fingerprint density at radius 3 is 2.18 bits per heavy atom. The van der Waals surface area contributed by atoms with E-state index in [2.05, 4.69) is 65.3 Å². The first-order valence-electron chi connectivity index (χ1n) is 15.3. The number of fused-ring (bicyclic) bond motifs is 2. The lowest BCUT2D eigenvalue weighted by Crippen LogP contribution is -2.71. The van der Waals surface area contributed by atoms with Crippen molar-refractivity contribution in [2.45, 2.75) is 49.8 Å². The van der Waals surface area contributed by atoms with Gasteiger partial charge in [0.25, 0.3) is 0 Å². The Kier molecular flexibility index (Phi) is 8.66. The van der Waals surface area contributed by atoms with Crippen LogP contribution in [0.25, 0.3) is 0 Å². The van der Waals surface area contributed by atoms with E-state index >= 15 is 0 Å². The lowest BCUT2D eigenvalue weighted by atomic mass is 9.73. The average molecular weight is 595 g/mol. The molecular formula is C36H42N4O4. The summed E-state index contributed by atoms with van der Waals surface area (Å²) < 4.78 is 18.0. The van der Waals surface area contributed by atoms with Crippen molar-refractivity contribution in [3.8, 4) is 17.6 Å². The molecular weight excluding hydrogens is 552 g/mol. The summed E-state index contributed by atoms with van der Waals surface area (Å²) in [6.45, 7) is 6.61. The standard InChI is InChI=1S/C36H42N4O4/c1-36(2)43-32-23-39(35(41)37-28-17-19-29(42-5)20-18-28)22-31-34(30(21-38(3)4)40(31)24-33(32)44-36)27-15-13-26(14-16-27)12-11-25-9-7-6-8-10-25/h6-10,13-20,30-34H,21-24H2,1-5H3,(H,37,41)/t30-,31+,32-,33+,34+/m1/s1. The fourth-order valence-corrected chi connectivity index (χ4v) is 6.78. The maximum absolute atomic E-state index is 13.8. The van der Waals surface area contributed by atoms with Crippen LogP contribution in [0.15, 0.2) is 78.9 Å². The number of anilines is 1. The number of rotatable bonds is 5. The summed E-state index contributed by atoms with van der Waals surface area (Å²) in [4.78, 5) is 20.5. The maximum Gasteiger partial charge on any atom is 0.321 e. The lowest BCUT2D eigenvalue weighted by molar-refractivity contribution is -0.150. The molecule has 6 rings (SSSR count). The molecule has 3 aromatic carbocycles. The van der Waals surface area contributed by atoms with Crippen LogP contribution in [0.2, 0.25) is 0 Å². The SMILES string of the molecule is COc1ccc(NC(=O)N2C[C@H]3OC(C)(C)O[C@H]3CN3[C@H](CN(C)C)[C@H](c4ccc(C#Cc5ccccc5)cc4)[C@@H]3C2)cc1. The van der Waals surface area contributed by atoms with Crippen LogP contribution < -0.4 is 10.1 Å². The summed E-state index contributed by atoms with van der Waals surface area (Å²) in [5.41, 5.74) is 3.97. The minimum absolute atomic E-state index is 0.134. The van der Waals surface area contributed by atoms with Crippen molar-refractivity contribution in [3.63, 3.8) is 0 Å². The van der Waals surface area contributed by atoms with Crippen LogP contribution in [0.3, 0.4) is 0 Å². The molecule has 0 saturated carbocycles. The Labute approximate surface area is 260 Å². The average Bonchev–Trinajstić information content (AvgIpc) is 3.30. The fourth-order valence-electron chi connectivity index (χ4n) is 6.78. The second-order valence-electron chi connectivity index (χ2n) is 12.6.